The van der Waals surface area contributed by atoms with Crippen LogP contribution < -0.4 is 5.32 Å². The molecule has 0 aliphatic heterocycles. The first-order valence-electron chi connectivity index (χ1n) is 6.27. The van der Waals surface area contributed by atoms with Gasteiger partial charge >= 0.3 is 0 Å². The molecule has 1 aliphatic carbocycles. The fourth-order valence-corrected chi connectivity index (χ4v) is 2.18. The highest BCUT2D eigenvalue weighted by atomic mass is 19.1. The van der Waals surface area contributed by atoms with Gasteiger partial charge in [-0.05, 0) is 43.0 Å². The molecule has 2 N–H and O–H groups in total. The molecular formula is C14H15FN2O. The summed E-state index contributed by atoms with van der Waals surface area (Å²) >= 11 is 0. The van der Waals surface area contributed by atoms with Gasteiger partial charge in [-0.1, -0.05) is 0 Å². The topological polar surface area (TPSA) is 44.9 Å². The fraction of sp³-hybridized carbons (Fsp3) is 0.357. The average molecular weight is 246 g/mol. The number of fused-ring (bicyclic) bond motifs is 1. The predicted octanol–water partition coefficient (Wildman–Crippen LogP) is 2.38. The number of hydrogen-bond donors (Lipinski definition) is 2. The molecule has 0 unspecified atom stereocenters. The summed E-state index contributed by atoms with van der Waals surface area (Å²) in [6.07, 6.45) is 4.70. The maximum absolute atomic E-state index is 13.0. The van der Waals surface area contributed by atoms with Crippen LogP contribution in [0, 0.1) is 11.7 Å². The number of benzene rings is 1. The largest absolute Gasteiger partial charge is 0.361 e. The molecular weight excluding hydrogens is 231 g/mol. The highest BCUT2D eigenvalue weighted by Gasteiger charge is 2.29. The second-order valence-corrected chi connectivity index (χ2v) is 4.82. The second-order valence-electron chi connectivity index (χ2n) is 4.82. The van der Waals surface area contributed by atoms with E-state index >= 15 is 0 Å². The SMILES string of the molecule is O=C(NCCc1c[nH]c2cc(F)ccc12)C1CC1. The molecule has 94 valence electrons. The third-order valence-electron chi connectivity index (χ3n) is 3.37. The molecule has 18 heavy (non-hydrogen) atoms. The van der Waals surface area contributed by atoms with Gasteiger partial charge < -0.3 is 10.3 Å². The van der Waals surface area contributed by atoms with Crippen molar-refractivity contribution in [3.8, 4) is 0 Å². The molecule has 0 atom stereocenters. The smallest absolute Gasteiger partial charge is 0.223 e. The van der Waals surface area contributed by atoms with Crippen molar-refractivity contribution < 1.29 is 9.18 Å². The molecule has 0 radical (unpaired) electrons. The summed E-state index contributed by atoms with van der Waals surface area (Å²) in [6.45, 7) is 0.639. The molecule has 1 fully saturated rings. The molecule has 1 aliphatic rings. The van der Waals surface area contributed by atoms with Gasteiger partial charge in [-0.3, -0.25) is 4.79 Å². The first kappa shape index (κ1) is 11.3. The Morgan fingerprint density at radius 2 is 2.28 bits per heavy atom. The Balaban J connectivity index is 1.65. The zero-order chi connectivity index (χ0) is 12.5. The van der Waals surface area contributed by atoms with Gasteiger partial charge in [0.05, 0.1) is 0 Å². The van der Waals surface area contributed by atoms with E-state index in [1.165, 1.54) is 12.1 Å². The number of H-pyrrole nitrogens is 1. The minimum atomic E-state index is -0.238. The monoisotopic (exact) mass is 246 g/mol. The van der Waals surface area contributed by atoms with Crippen LogP contribution in [-0.4, -0.2) is 17.4 Å². The van der Waals surface area contributed by atoms with E-state index < -0.39 is 0 Å². The highest BCUT2D eigenvalue weighted by molar-refractivity contribution is 5.83. The van der Waals surface area contributed by atoms with Crippen LogP contribution in [0.4, 0.5) is 4.39 Å². The summed E-state index contributed by atoms with van der Waals surface area (Å²) in [6, 6.07) is 4.73. The molecule has 1 aromatic heterocycles. The van der Waals surface area contributed by atoms with Gasteiger partial charge in [0.15, 0.2) is 0 Å². The number of aromatic nitrogens is 1. The third kappa shape index (κ3) is 2.23. The van der Waals surface area contributed by atoms with Gasteiger partial charge in [-0.2, -0.15) is 0 Å². The van der Waals surface area contributed by atoms with Gasteiger partial charge in [0.1, 0.15) is 5.82 Å². The van der Waals surface area contributed by atoms with Crippen molar-refractivity contribution in [1.82, 2.24) is 10.3 Å². The van der Waals surface area contributed by atoms with E-state index in [0.29, 0.717) is 6.54 Å². The number of halogens is 1. The summed E-state index contributed by atoms with van der Waals surface area (Å²) in [5.74, 6) is 0.181. The number of carbonyl (C=O) groups is 1. The molecule has 0 saturated heterocycles. The number of aromatic amines is 1. The van der Waals surface area contributed by atoms with Crippen LogP contribution in [0.15, 0.2) is 24.4 Å². The minimum absolute atomic E-state index is 0.167. The van der Waals surface area contributed by atoms with Gasteiger partial charge in [0.2, 0.25) is 5.91 Å². The third-order valence-corrected chi connectivity index (χ3v) is 3.37. The zero-order valence-corrected chi connectivity index (χ0v) is 10.0. The fourth-order valence-electron chi connectivity index (χ4n) is 2.18. The van der Waals surface area contributed by atoms with Crippen molar-refractivity contribution in [1.29, 1.82) is 0 Å². The normalized spacial score (nSPS) is 14.9. The van der Waals surface area contributed by atoms with Crippen molar-refractivity contribution in [3.05, 3.63) is 35.8 Å². The molecule has 1 saturated carbocycles. The van der Waals surface area contributed by atoms with Crippen molar-refractivity contribution in [2.24, 2.45) is 5.92 Å². The molecule has 2 aromatic rings. The summed E-state index contributed by atoms with van der Waals surface area (Å²) in [4.78, 5) is 14.5. The minimum Gasteiger partial charge on any atom is -0.361 e. The van der Waals surface area contributed by atoms with E-state index in [4.69, 9.17) is 0 Å². The van der Waals surface area contributed by atoms with Crippen LogP contribution >= 0.6 is 0 Å². The quantitative estimate of drug-likeness (QED) is 0.854. The molecule has 4 heteroatoms. The Kier molecular flexibility index (Phi) is 2.78. The summed E-state index contributed by atoms with van der Waals surface area (Å²) in [5, 5.41) is 3.96. The lowest BCUT2D eigenvalue weighted by molar-refractivity contribution is -0.122. The van der Waals surface area contributed by atoms with Gasteiger partial charge in [-0.15, -0.1) is 0 Å². The van der Waals surface area contributed by atoms with Crippen LogP contribution in [0.25, 0.3) is 10.9 Å². The van der Waals surface area contributed by atoms with Crippen molar-refractivity contribution in [2.45, 2.75) is 19.3 Å². The Morgan fingerprint density at radius 1 is 1.44 bits per heavy atom. The summed E-state index contributed by atoms with van der Waals surface area (Å²) < 4.78 is 13.0. The molecule has 1 heterocycles. The number of carbonyl (C=O) groups excluding carboxylic acids is 1. The van der Waals surface area contributed by atoms with E-state index in [9.17, 15) is 9.18 Å². The lowest BCUT2D eigenvalue weighted by Crippen LogP contribution is -2.26. The van der Waals surface area contributed by atoms with E-state index in [1.54, 1.807) is 6.07 Å². The maximum atomic E-state index is 13.0. The van der Waals surface area contributed by atoms with Crippen molar-refractivity contribution in [3.63, 3.8) is 0 Å². The first-order valence-corrected chi connectivity index (χ1v) is 6.27. The number of hydrogen-bond acceptors (Lipinski definition) is 1. The maximum Gasteiger partial charge on any atom is 0.223 e. The lowest BCUT2D eigenvalue weighted by Gasteiger charge is -2.03. The molecule has 0 bridgehead atoms. The standard InChI is InChI=1S/C14H15FN2O/c15-11-3-4-12-10(8-17-13(12)7-11)5-6-16-14(18)9-1-2-9/h3-4,7-9,17H,1-2,5-6H2,(H,16,18). The molecule has 0 spiro atoms. The van der Waals surface area contributed by atoms with E-state index in [-0.39, 0.29) is 17.6 Å². The Bertz CT molecular complexity index is 586. The average Bonchev–Trinajstić information content (AvgIpc) is 3.13. The Morgan fingerprint density at radius 3 is 3.06 bits per heavy atom. The number of rotatable bonds is 4. The van der Waals surface area contributed by atoms with E-state index in [0.717, 1.165) is 35.7 Å². The van der Waals surface area contributed by atoms with Gasteiger partial charge in [0, 0.05) is 29.6 Å². The molecule has 3 nitrogen and oxygen atoms in total. The van der Waals surface area contributed by atoms with Crippen LogP contribution in [0.2, 0.25) is 0 Å². The second kappa shape index (κ2) is 4.44. The highest BCUT2D eigenvalue weighted by Crippen LogP contribution is 2.28. The van der Waals surface area contributed by atoms with Crippen LogP contribution in [0.3, 0.4) is 0 Å². The Hall–Kier alpha value is -1.84. The lowest BCUT2D eigenvalue weighted by atomic mass is 10.1. The van der Waals surface area contributed by atoms with Crippen LogP contribution in [0.5, 0.6) is 0 Å². The van der Waals surface area contributed by atoms with Crippen molar-refractivity contribution >= 4 is 16.8 Å². The van der Waals surface area contributed by atoms with E-state index in [2.05, 4.69) is 10.3 Å². The summed E-state index contributed by atoms with van der Waals surface area (Å²) in [5.41, 5.74) is 1.92. The van der Waals surface area contributed by atoms with Crippen LogP contribution in [0.1, 0.15) is 18.4 Å². The first-order chi connectivity index (χ1) is 8.74. The van der Waals surface area contributed by atoms with Gasteiger partial charge in [0.25, 0.3) is 0 Å². The zero-order valence-electron chi connectivity index (χ0n) is 10.0. The number of amides is 1. The number of nitrogens with one attached hydrogen (secondary N) is 2. The Labute approximate surface area is 104 Å². The van der Waals surface area contributed by atoms with Gasteiger partial charge in [-0.25, -0.2) is 4.39 Å². The van der Waals surface area contributed by atoms with E-state index in [1.807, 2.05) is 6.20 Å². The summed E-state index contributed by atoms with van der Waals surface area (Å²) in [7, 11) is 0. The molecule has 3 rings (SSSR count). The molecule has 1 amide bonds. The van der Waals surface area contributed by atoms with Crippen LogP contribution in [-0.2, 0) is 11.2 Å². The van der Waals surface area contributed by atoms with Crippen molar-refractivity contribution in [2.75, 3.05) is 6.54 Å². The molecule has 1 aromatic carbocycles. The predicted molar refractivity (Wildman–Crippen MR) is 67.7 cm³/mol.